The minimum Gasteiger partial charge on any atom is -0.344 e. The van der Waals surface area contributed by atoms with E-state index in [1.165, 1.54) is 26.0 Å². The number of hydrogen-bond donors (Lipinski definition) is 3. The number of carbonyl (C=O) groups excluding carboxylic acids is 4. The second-order valence-electron chi connectivity index (χ2n) is 10.7. The molecule has 14 heteroatoms. The minimum atomic E-state index is -5.00. The van der Waals surface area contributed by atoms with Gasteiger partial charge in [0.25, 0.3) is 5.91 Å². The lowest BCUT2D eigenvalue weighted by atomic mass is 9.88. The summed E-state index contributed by atoms with van der Waals surface area (Å²) < 4.78 is 66.9. The monoisotopic (exact) mass is 685 g/mol. The molecule has 0 saturated heterocycles. The maximum atomic E-state index is 14.7. The fourth-order valence-corrected chi connectivity index (χ4v) is 4.87. The Hall–Kier alpha value is -4.03. The first-order valence-electron chi connectivity index (χ1n) is 13.9. The highest BCUT2D eigenvalue weighted by atomic mass is 35.5. The van der Waals surface area contributed by atoms with Gasteiger partial charge in [0.1, 0.15) is 12.6 Å². The third-order valence-corrected chi connectivity index (χ3v) is 7.67. The molecule has 0 bridgehead atoms. The van der Waals surface area contributed by atoms with Gasteiger partial charge in [-0.15, -0.1) is 0 Å². The number of ketones is 1. The van der Waals surface area contributed by atoms with Gasteiger partial charge in [-0.05, 0) is 34.7 Å². The van der Waals surface area contributed by atoms with Crippen molar-refractivity contribution < 1.29 is 41.1 Å². The van der Waals surface area contributed by atoms with Crippen LogP contribution in [0.1, 0.15) is 48.9 Å². The first-order chi connectivity index (χ1) is 21.5. The van der Waals surface area contributed by atoms with Crippen molar-refractivity contribution in [2.45, 2.75) is 50.4 Å². The summed E-state index contributed by atoms with van der Waals surface area (Å²) >= 11 is 12.3. The Morgan fingerprint density at radius 1 is 0.739 bits per heavy atom. The van der Waals surface area contributed by atoms with Crippen molar-refractivity contribution >= 4 is 46.7 Å². The molecular formula is C32H30Cl2F5N3O4. The second kappa shape index (κ2) is 15.5. The largest absolute Gasteiger partial charge is 0.405 e. The molecule has 0 saturated carbocycles. The molecule has 46 heavy (non-hydrogen) atoms. The van der Waals surface area contributed by atoms with E-state index >= 15 is 0 Å². The Morgan fingerprint density at radius 3 is 1.83 bits per heavy atom. The average Bonchev–Trinajstić information content (AvgIpc) is 3.01. The Kier molecular flexibility index (Phi) is 12.3. The Morgan fingerprint density at radius 2 is 1.30 bits per heavy atom. The third kappa shape index (κ3) is 9.73. The van der Waals surface area contributed by atoms with Crippen LogP contribution in [0.2, 0.25) is 10.0 Å². The summed E-state index contributed by atoms with van der Waals surface area (Å²) in [6.45, 7) is 0.510. The topological polar surface area (TPSA) is 104 Å². The van der Waals surface area contributed by atoms with Gasteiger partial charge in [0.05, 0.1) is 16.1 Å². The number of amides is 3. The summed E-state index contributed by atoms with van der Waals surface area (Å²) in [5, 5.41) is 6.33. The van der Waals surface area contributed by atoms with Gasteiger partial charge in [-0.3, -0.25) is 19.2 Å². The lowest BCUT2D eigenvalue weighted by Crippen LogP contribution is -2.58. The highest BCUT2D eigenvalue weighted by Gasteiger charge is 2.52. The van der Waals surface area contributed by atoms with E-state index < -0.39 is 66.1 Å². The Bertz CT molecular complexity index is 1540. The lowest BCUT2D eigenvalue weighted by molar-refractivity contribution is -0.165. The molecule has 0 aliphatic heterocycles. The number of benzene rings is 3. The molecule has 3 amide bonds. The van der Waals surface area contributed by atoms with E-state index in [0.29, 0.717) is 10.6 Å². The summed E-state index contributed by atoms with van der Waals surface area (Å²) in [7, 11) is 0. The molecular weight excluding hydrogens is 656 g/mol. The zero-order valence-corrected chi connectivity index (χ0v) is 26.0. The molecule has 3 aromatic rings. The molecule has 0 radical (unpaired) electrons. The number of Topliss-reactive ketones (excluding diaryl/α,β-unsaturated/α-hetero) is 1. The van der Waals surface area contributed by atoms with E-state index in [4.69, 9.17) is 23.2 Å². The molecule has 3 aromatic carbocycles. The zero-order chi connectivity index (χ0) is 34.2. The highest BCUT2D eigenvalue weighted by Crippen LogP contribution is 2.33. The Labute approximate surface area is 271 Å². The number of nitrogens with one attached hydrogen (secondary N) is 3. The van der Waals surface area contributed by atoms with Crippen molar-refractivity contribution in [3.63, 3.8) is 0 Å². The fraction of sp³-hybridized carbons (Fsp3) is 0.312. The predicted octanol–water partition coefficient (Wildman–Crippen LogP) is 6.40. The molecule has 0 aliphatic rings. The summed E-state index contributed by atoms with van der Waals surface area (Å²) in [5.41, 5.74) is 1.63. The van der Waals surface area contributed by atoms with Crippen LogP contribution in [0.3, 0.4) is 0 Å². The molecule has 3 rings (SSSR count). The van der Waals surface area contributed by atoms with Crippen LogP contribution in [-0.2, 0) is 19.2 Å². The van der Waals surface area contributed by atoms with Gasteiger partial charge in [-0.1, -0.05) is 104 Å². The maximum Gasteiger partial charge on any atom is 0.405 e. The molecule has 0 heterocycles. The molecule has 3 N–H and O–H groups in total. The summed E-state index contributed by atoms with van der Waals surface area (Å²) in [5.74, 6) is -12.7. The SMILES string of the molecule is CC(C)[C@H](NC(=O)C(NC(=O)CC(c1ccccc1)c1ccc(Cl)c(Cl)c1)c1ccccc1)C(=O)C(F)(F)C(=O)NCC(F)(F)F. The van der Waals surface area contributed by atoms with Crippen LogP contribution in [0.15, 0.2) is 78.9 Å². The van der Waals surface area contributed by atoms with E-state index in [1.807, 2.05) is 0 Å². The quantitative estimate of drug-likeness (QED) is 0.143. The first kappa shape index (κ1) is 36.4. The molecule has 7 nitrogen and oxygen atoms in total. The third-order valence-electron chi connectivity index (χ3n) is 6.93. The smallest absolute Gasteiger partial charge is 0.344 e. The van der Waals surface area contributed by atoms with Crippen molar-refractivity contribution in [1.29, 1.82) is 0 Å². The van der Waals surface area contributed by atoms with Crippen LogP contribution >= 0.6 is 23.2 Å². The first-order valence-corrected chi connectivity index (χ1v) is 14.7. The molecule has 246 valence electrons. The van der Waals surface area contributed by atoms with Crippen molar-refractivity contribution in [1.82, 2.24) is 16.0 Å². The molecule has 3 atom stereocenters. The normalized spacial score (nSPS) is 13.8. The van der Waals surface area contributed by atoms with Gasteiger partial charge in [0, 0.05) is 12.3 Å². The van der Waals surface area contributed by atoms with Gasteiger partial charge in [-0.25, -0.2) is 0 Å². The van der Waals surface area contributed by atoms with Gasteiger partial charge in [-0.2, -0.15) is 22.0 Å². The van der Waals surface area contributed by atoms with Crippen molar-refractivity contribution in [2.75, 3.05) is 6.54 Å². The summed E-state index contributed by atoms with van der Waals surface area (Å²) in [6, 6.07) is 18.1. The van der Waals surface area contributed by atoms with Crippen molar-refractivity contribution in [3.05, 3.63) is 106 Å². The van der Waals surface area contributed by atoms with Crippen molar-refractivity contribution in [3.8, 4) is 0 Å². The standard InChI is InChI=1S/C32H30Cl2F5N3O4/c1-18(2)26(28(44)32(38,39)30(46)40-17-31(35,36)37)42-29(45)27(20-11-7-4-8-12-20)41-25(43)16-22(19-9-5-3-6-10-19)21-13-14-23(33)24(34)15-21/h3-15,18,22,26-27H,16-17H2,1-2H3,(H,40,46)(H,41,43)(H,42,45)/t22?,26-,27?/m0/s1. The molecule has 0 aliphatic carbocycles. The number of halogens is 7. The predicted molar refractivity (Wildman–Crippen MR) is 162 cm³/mol. The van der Waals surface area contributed by atoms with Gasteiger partial charge in [0.15, 0.2) is 0 Å². The van der Waals surface area contributed by atoms with Crippen LogP contribution in [0.5, 0.6) is 0 Å². The van der Waals surface area contributed by atoms with Crippen molar-refractivity contribution in [2.24, 2.45) is 5.92 Å². The van der Waals surface area contributed by atoms with Gasteiger partial charge < -0.3 is 16.0 Å². The van der Waals surface area contributed by atoms with Gasteiger partial charge >= 0.3 is 12.1 Å². The lowest BCUT2D eigenvalue weighted by Gasteiger charge is -2.28. The van der Waals surface area contributed by atoms with Crippen LogP contribution in [0.25, 0.3) is 0 Å². The Balaban J connectivity index is 1.88. The number of carbonyl (C=O) groups is 4. The van der Waals surface area contributed by atoms with E-state index in [1.54, 1.807) is 66.7 Å². The van der Waals surface area contributed by atoms with E-state index in [9.17, 15) is 41.1 Å². The van der Waals surface area contributed by atoms with Gasteiger partial charge in [0.2, 0.25) is 17.6 Å². The zero-order valence-electron chi connectivity index (χ0n) is 24.5. The molecule has 0 aromatic heterocycles. The fourth-order valence-electron chi connectivity index (χ4n) is 4.56. The maximum absolute atomic E-state index is 14.7. The average molecular weight is 687 g/mol. The van der Waals surface area contributed by atoms with E-state index in [2.05, 4.69) is 10.6 Å². The molecule has 0 spiro atoms. The minimum absolute atomic E-state index is 0.192. The summed E-state index contributed by atoms with van der Waals surface area (Å²) in [6.07, 6.45) is -5.19. The summed E-state index contributed by atoms with van der Waals surface area (Å²) in [4.78, 5) is 51.7. The van der Waals surface area contributed by atoms with Crippen LogP contribution in [0.4, 0.5) is 22.0 Å². The highest BCUT2D eigenvalue weighted by molar-refractivity contribution is 6.42. The van der Waals surface area contributed by atoms with Crippen LogP contribution < -0.4 is 16.0 Å². The van der Waals surface area contributed by atoms with Crippen LogP contribution in [-0.4, -0.2) is 48.2 Å². The van der Waals surface area contributed by atoms with E-state index in [0.717, 1.165) is 10.9 Å². The number of alkyl halides is 5. The number of rotatable bonds is 13. The second-order valence-corrected chi connectivity index (χ2v) is 11.5. The van der Waals surface area contributed by atoms with E-state index in [-0.39, 0.29) is 17.0 Å². The van der Waals surface area contributed by atoms with Crippen LogP contribution in [0, 0.1) is 5.92 Å². The molecule has 2 unspecified atom stereocenters. The number of hydrogen-bond acceptors (Lipinski definition) is 4. The molecule has 0 fully saturated rings.